The van der Waals surface area contributed by atoms with Crippen LogP contribution in [0.1, 0.15) is 24.0 Å². The molecule has 176 valence electrons. The monoisotopic (exact) mass is 463 g/mol. The van der Waals surface area contributed by atoms with Crippen LogP contribution in [-0.2, 0) is 6.42 Å². The number of nitrogens with zero attached hydrogens (tertiary/aromatic N) is 5. The molecule has 0 bridgehead atoms. The molecule has 0 N–H and O–H groups in total. The predicted molar refractivity (Wildman–Crippen MR) is 140 cm³/mol. The Balaban J connectivity index is 1.41. The van der Waals surface area contributed by atoms with Crippen LogP contribution in [-0.4, -0.2) is 39.8 Å². The van der Waals surface area contributed by atoms with Crippen LogP contribution in [0.5, 0.6) is 5.75 Å². The molecule has 0 spiro atoms. The van der Waals surface area contributed by atoms with E-state index in [1.807, 2.05) is 18.2 Å². The van der Waals surface area contributed by atoms with Crippen LogP contribution >= 0.6 is 0 Å². The van der Waals surface area contributed by atoms with E-state index in [2.05, 4.69) is 81.0 Å². The summed E-state index contributed by atoms with van der Waals surface area (Å²) in [6.07, 6.45) is 3.41. The number of fused-ring (bicyclic) bond motifs is 3. The Morgan fingerprint density at radius 1 is 0.914 bits per heavy atom. The molecule has 0 saturated carbocycles. The number of piperidine rings is 1. The smallest absolute Gasteiger partial charge is 0.213 e. The molecular formula is C29H29N5O. The van der Waals surface area contributed by atoms with Crippen molar-refractivity contribution in [2.45, 2.75) is 26.2 Å². The van der Waals surface area contributed by atoms with Crippen LogP contribution in [0.2, 0.25) is 0 Å². The first-order valence-corrected chi connectivity index (χ1v) is 12.3. The summed E-state index contributed by atoms with van der Waals surface area (Å²) in [5, 5.41) is 10.3. The quantitative estimate of drug-likeness (QED) is 0.334. The Morgan fingerprint density at radius 2 is 1.74 bits per heavy atom. The lowest BCUT2D eigenvalue weighted by molar-refractivity contribution is 0.400. The van der Waals surface area contributed by atoms with Gasteiger partial charge in [-0.15, -0.1) is 10.2 Å². The summed E-state index contributed by atoms with van der Waals surface area (Å²) in [5.74, 6) is 3.19. The van der Waals surface area contributed by atoms with E-state index in [1.165, 1.54) is 11.1 Å². The van der Waals surface area contributed by atoms with Gasteiger partial charge in [0.25, 0.3) is 0 Å². The molecule has 0 aliphatic carbocycles. The van der Waals surface area contributed by atoms with Crippen LogP contribution in [0.15, 0.2) is 72.8 Å². The molecule has 6 nitrogen and oxygen atoms in total. The van der Waals surface area contributed by atoms with Crippen molar-refractivity contribution in [2.24, 2.45) is 5.92 Å². The largest absolute Gasteiger partial charge is 0.497 e. The maximum Gasteiger partial charge on any atom is 0.213 e. The van der Waals surface area contributed by atoms with E-state index in [-0.39, 0.29) is 0 Å². The zero-order valence-corrected chi connectivity index (χ0v) is 20.2. The predicted octanol–water partition coefficient (Wildman–Crippen LogP) is 5.72. The zero-order valence-electron chi connectivity index (χ0n) is 20.2. The van der Waals surface area contributed by atoms with Crippen molar-refractivity contribution < 1.29 is 4.74 Å². The van der Waals surface area contributed by atoms with Gasteiger partial charge in [0.1, 0.15) is 5.75 Å². The van der Waals surface area contributed by atoms with Gasteiger partial charge in [0.2, 0.25) is 5.95 Å². The van der Waals surface area contributed by atoms with E-state index in [0.29, 0.717) is 5.92 Å². The van der Waals surface area contributed by atoms with Crippen molar-refractivity contribution in [3.63, 3.8) is 0 Å². The minimum absolute atomic E-state index is 0.686. The number of benzene rings is 3. The number of hydrogen-bond donors (Lipinski definition) is 0. The first-order chi connectivity index (χ1) is 17.2. The minimum atomic E-state index is 0.686. The maximum absolute atomic E-state index is 5.47. The van der Waals surface area contributed by atoms with Crippen molar-refractivity contribution in [3.8, 4) is 17.1 Å². The molecule has 1 aliphatic rings. The number of methoxy groups -OCH3 is 1. The van der Waals surface area contributed by atoms with Crippen molar-refractivity contribution in [1.29, 1.82) is 0 Å². The van der Waals surface area contributed by atoms with E-state index in [9.17, 15) is 0 Å². The number of hydrogen-bond acceptors (Lipinski definition) is 5. The Kier molecular flexibility index (Phi) is 5.57. The van der Waals surface area contributed by atoms with Crippen molar-refractivity contribution in [1.82, 2.24) is 19.6 Å². The van der Waals surface area contributed by atoms with Crippen LogP contribution in [0, 0.1) is 12.8 Å². The molecule has 0 atom stereocenters. The third kappa shape index (κ3) is 4.09. The molecule has 3 aromatic carbocycles. The molecule has 1 fully saturated rings. The zero-order chi connectivity index (χ0) is 23.8. The van der Waals surface area contributed by atoms with Gasteiger partial charge in [0.15, 0.2) is 11.5 Å². The van der Waals surface area contributed by atoms with Crippen molar-refractivity contribution >= 4 is 22.5 Å². The van der Waals surface area contributed by atoms with Gasteiger partial charge in [-0.3, -0.25) is 0 Å². The molecule has 5 aromatic rings. The highest BCUT2D eigenvalue weighted by Crippen LogP contribution is 2.32. The van der Waals surface area contributed by atoms with Crippen LogP contribution in [0.3, 0.4) is 0 Å². The van der Waals surface area contributed by atoms with E-state index >= 15 is 0 Å². The number of rotatable bonds is 5. The first kappa shape index (κ1) is 21.6. The average Bonchev–Trinajstić information content (AvgIpc) is 3.35. The first-order valence-electron chi connectivity index (χ1n) is 12.3. The lowest BCUT2D eigenvalue weighted by Gasteiger charge is -2.33. The van der Waals surface area contributed by atoms with Crippen molar-refractivity contribution in [2.75, 3.05) is 25.1 Å². The van der Waals surface area contributed by atoms with Crippen LogP contribution < -0.4 is 9.64 Å². The van der Waals surface area contributed by atoms with E-state index in [4.69, 9.17) is 9.72 Å². The van der Waals surface area contributed by atoms with E-state index in [0.717, 1.165) is 72.0 Å². The summed E-state index contributed by atoms with van der Waals surface area (Å²) in [4.78, 5) is 7.56. The molecule has 35 heavy (non-hydrogen) atoms. The normalized spacial score (nSPS) is 14.6. The SMILES string of the molecule is COc1cccc(-c2nnc3c4cc(C)ccc4nc(N4CCC(Cc5ccccc5)CC4)n23)c1. The molecule has 0 radical (unpaired) electrons. The molecule has 6 rings (SSSR count). The summed E-state index contributed by atoms with van der Waals surface area (Å²) in [5.41, 5.74) is 5.37. The average molecular weight is 464 g/mol. The van der Waals surface area contributed by atoms with Gasteiger partial charge >= 0.3 is 0 Å². The maximum atomic E-state index is 5.47. The van der Waals surface area contributed by atoms with Gasteiger partial charge < -0.3 is 9.64 Å². The molecule has 3 heterocycles. The Hall–Kier alpha value is -3.93. The lowest BCUT2D eigenvalue weighted by atomic mass is 9.90. The van der Waals surface area contributed by atoms with Gasteiger partial charge in [0.05, 0.1) is 12.6 Å². The standard InChI is InChI=1S/C29H29N5O/c1-20-11-12-26-25(17-20)28-32-31-27(23-9-6-10-24(19-23)35-2)34(28)29(30-26)33-15-13-22(14-16-33)18-21-7-4-3-5-8-21/h3-12,17,19,22H,13-16,18H2,1-2H3. The highest BCUT2D eigenvalue weighted by atomic mass is 16.5. The fourth-order valence-electron chi connectivity index (χ4n) is 5.18. The molecule has 1 aliphatic heterocycles. The van der Waals surface area contributed by atoms with Gasteiger partial charge in [-0.2, -0.15) is 0 Å². The third-order valence-corrected chi connectivity index (χ3v) is 7.07. The number of aryl methyl sites for hydroxylation is 1. The summed E-state index contributed by atoms with van der Waals surface area (Å²) in [6.45, 7) is 4.03. The van der Waals surface area contributed by atoms with Gasteiger partial charge in [-0.1, -0.05) is 54.1 Å². The second kappa shape index (κ2) is 9.02. The Morgan fingerprint density at radius 3 is 2.54 bits per heavy atom. The summed E-state index contributed by atoms with van der Waals surface area (Å²) >= 11 is 0. The van der Waals surface area contributed by atoms with Gasteiger partial charge in [0, 0.05) is 24.0 Å². The topological polar surface area (TPSA) is 55.6 Å². The highest BCUT2D eigenvalue weighted by Gasteiger charge is 2.25. The highest BCUT2D eigenvalue weighted by molar-refractivity contribution is 5.94. The third-order valence-electron chi connectivity index (χ3n) is 7.07. The number of anilines is 1. The summed E-state index contributed by atoms with van der Waals surface area (Å²) in [6, 6.07) is 25.2. The molecule has 2 aromatic heterocycles. The molecule has 0 unspecified atom stereocenters. The van der Waals surface area contributed by atoms with Crippen LogP contribution in [0.4, 0.5) is 5.95 Å². The second-order valence-electron chi connectivity index (χ2n) is 9.47. The van der Waals surface area contributed by atoms with Gasteiger partial charge in [-0.25, -0.2) is 9.38 Å². The second-order valence-corrected chi connectivity index (χ2v) is 9.47. The lowest BCUT2D eigenvalue weighted by Crippen LogP contribution is -2.36. The van der Waals surface area contributed by atoms with Crippen molar-refractivity contribution in [3.05, 3.63) is 83.9 Å². The number of ether oxygens (including phenoxy) is 1. The molecule has 0 amide bonds. The number of aromatic nitrogens is 4. The fraction of sp³-hybridized carbons (Fsp3) is 0.276. The van der Waals surface area contributed by atoms with Gasteiger partial charge in [-0.05, 0) is 61.9 Å². The molecule has 6 heteroatoms. The van der Waals surface area contributed by atoms with E-state index < -0.39 is 0 Å². The Bertz CT molecular complexity index is 1490. The minimum Gasteiger partial charge on any atom is -0.497 e. The summed E-state index contributed by atoms with van der Waals surface area (Å²) in [7, 11) is 1.68. The van der Waals surface area contributed by atoms with Crippen LogP contribution in [0.25, 0.3) is 27.9 Å². The summed E-state index contributed by atoms with van der Waals surface area (Å²) < 4.78 is 7.61. The molecular weight excluding hydrogens is 434 g/mol. The Labute approximate surface area is 205 Å². The fourth-order valence-corrected chi connectivity index (χ4v) is 5.18. The van der Waals surface area contributed by atoms with E-state index in [1.54, 1.807) is 7.11 Å². The molecule has 1 saturated heterocycles.